The molecular formula is C8H7F3O. The summed E-state index contributed by atoms with van der Waals surface area (Å²) < 4.78 is 37.8. The SMILES string of the molecule is CC(F)(F)c1ccc(O)cc1F. The molecule has 0 radical (unpaired) electrons. The second-order valence-corrected chi connectivity index (χ2v) is 2.55. The summed E-state index contributed by atoms with van der Waals surface area (Å²) in [6.45, 7) is 0.600. The monoisotopic (exact) mass is 176 g/mol. The molecule has 0 amide bonds. The summed E-state index contributed by atoms with van der Waals surface area (Å²) in [5.41, 5.74) is -0.708. The lowest BCUT2D eigenvalue weighted by Gasteiger charge is -2.10. The van der Waals surface area contributed by atoms with Gasteiger partial charge in [0.2, 0.25) is 0 Å². The Morgan fingerprint density at radius 3 is 2.33 bits per heavy atom. The molecule has 1 aromatic carbocycles. The van der Waals surface area contributed by atoms with Crippen molar-refractivity contribution in [1.82, 2.24) is 0 Å². The van der Waals surface area contributed by atoms with Crippen LogP contribution in [-0.2, 0) is 5.92 Å². The van der Waals surface area contributed by atoms with Crippen LogP contribution in [0.3, 0.4) is 0 Å². The van der Waals surface area contributed by atoms with E-state index in [1.165, 1.54) is 0 Å². The molecule has 0 atom stereocenters. The zero-order valence-electron chi connectivity index (χ0n) is 6.31. The van der Waals surface area contributed by atoms with E-state index in [-0.39, 0.29) is 5.75 Å². The van der Waals surface area contributed by atoms with Crippen LogP contribution in [0.4, 0.5) is 13.2 Å². The number of benzene rings is 1. The first-order valence-corrected chi connectivity index (χ1v) is 3.28. The van der Waals surface area contributed by atoms with Crippen LogP contribution in [0.15, 0.2) is 18.2 Å². The van der Waals surface area contributed by atoms with Crippen molar-refractivity contribution < 1.29 is 18.3 Å². The van der Waals surface area contributed by atoms with E-state index in [1.54, 1.807) is 0 Å². The first-order valence-electron chi connectivity index (χ1n) is 3.28. The molecule has 0 aliphatic heterocycles. The predicted octanol–water partition coefficient (Wildman–Crippen LogP) is 2.64. The zero-order valence-corrected chi connectivity index (χ0v) is 6.31. The van der Waals surface area contributed by atoms with Crippen LogP contribution >= 0.6 is 0 Å². The average Bonchev–Trinajstić information content (AvgIpc) is 1.83. The van der Waals surface area contributed by atoms with E-state index in [2.05, 4.69) is 0 Å². The number of halogens is 3. The molecule has 0 saturated heterocycles. The maximum atomic E-state index is 12.7. The highest BCUT2D eigenvalue weighted by Gasteiger charge is 2.27. The molecule has 12 heavy (non-hydrogen) atoms. The van der Waals surface area contributed by atoms with Gasteiger partial charge in [-0.15, -0.1) is 0 Å². The smallest absolute Gasteiger partial charge is 0.273 e. The number of aromatic hydroxyl groups is 1. The minimum atomic E-state index is -3.21. The third-order valence-electron chi connectivity index (χ3n) is 1.43. The largest absolute Gasteiger partial charge is 0.508 e. The van der Waals surface area contributed by atoms with Gasteiger partial charge in [0.05, 0.1) is 5.56 Å². The van der Waals surface area contributed by atoms with Crippen LogP contribution in [0, 0.1) is 5.82 Å². The first-order chi connectivity index (χ1) is 5.41. The second-order valence-electron chi connectivity index (χ2n) is 2.55. The van der Waals surface area contributed by atoms with Crippen LogP contribution in [0.2, 0.25) is 0 Å². The fourth-order valence-corrected chi connectivity index (χ4v) is 0.860. The molecule has 0 fully saturated rings. The van der Waals surface area contributed by atoms with Crippen molar-refractivity contribution in [2.24, 2.45) is 0 Å². The highest BCUT2D eigenvalue weighted by Crippen LogP contribution is 2.30. The molecule has 0 aliphatic carbocycles. The molecule has 0 heterocycles. The molecule has 1 N–H and O–H groups in total. The van der Waals surface area contributed by atoms with Gasteiger partial charge in [-0.25, -0.2) is 13.2 Å². The van der Waals surface area contributed by atoms with Gasteiger partial charge < -0.3 is 5.11 Å². The Bertz CT molecular complexity index is 291. The maximum absolute atomic E-state index is 12.7. The minimum absolute atomic E-state index is 0.361. The molecule has 66 valence electrons. The number of rotatable bonds is 1. The molecule has 0 spiro atoms. The van der Waals surface area contributed by atoms with Crippen molar-refractivity contribution in [1.29, 1.82) is 0 Å². The van der Waals surface area contributed by atoms with Gasteiger partial charge in [-0.2, -0.15) is 0 Å². The van der Waals surface area contributed by atoms with E-state index in [9.17, 15) is 13.2 Å². The first kappa shape index (κ1) is 8.90. The molecule has 0 saturated carbocycles. The van der Waals surface area contributed by atoms with Gasteiger partial charge in [0.1, 0.15) is 11.6 Å². The van der Waals surface area contributed by atoms with Crippen molar-refractivity contribution >= 4 is 0 Å². The van der Waals surface area contributed by atoms with E-state index in [4.69, 9.17) is 5.11 Å². The fraction of sp³-hybridized carbons (Fsp3) is 0.250. The van der Waals surface area contributed by atoms with Crippen molar-refractivity contribution in [3.8, 4) is 5.75 Å². The summed E-state index contributed by atoms with van der Waals surface area (Å²) in [6.07, 6.45) is 0. The number of alkyl halides is 2. The Labute approximate surface area is 67.5 Å². The maximum Gasteiger partial charge on any atom is 0.273 e. The molecule has 0 bridgehead atoms. The lowest BCUT2D eigenvalue weighted by Crippen LogP contribution is -2.09. The molecular weight excluding hydrogens is 169 g/mol. The molecule has 0 unspecified atom stereocenters. The van der Waals surface area contributed by atoms with Crippen LogP contribution in [0.1, 0.15) is 12.5 Å². The van der Waals surface area contributed by atoms with Crippen molar-refractivity contribution in [3.63, 3.8) is 0 Å². The molecule has 1 aromatic rings. The number of phenols is 1. The Hall–Kier alpha value is -1.19. The minimum Gasteiger partial charge on any atom is -0.508 e. The summed E-state index contributed by atoms with van der Waals surface area (Å²) in [5.74, 6) is -4.67. The average molecular weight is 176 g/mol. The molecule has 0 aliphatic rings. The summed E-state index contributed by atoms with van der Waals surface area (Å²) >= 11 is 0. The van der Waals surface area contributed by atoms with Crippen LogP contribution in [0.25, 0.3) is 0 Å². The lowest BCUT2D eigenvalue weighted by molar-refractivity contribution is 0.0137. The van der Waals surface area contributed by atoms with Crippen molar-refractivity contribution in [2.45, 2.75) is 12.8 Å². The summed E-state index contributed by atoms with van der Waals surface area (Å²) in [4.78, 5) is 0. The van der Waals surface area contributed by atoms with Crippen LogP contribution in [-0.4, -0.2) is 5.11 Å². The van der Waals surface area contributed by atoms with E-state index in [0.717, 1.165) is 12.1 Å². The highest BCUT2D eigenvalue weighted by atomic mass is 19.3. The summed E-state index contributed by atoms with van der Waals surface area (Å²) in [5, 5.41) is 8.72. The van der Waals surface area contributed by atoms with Crippen LogP contribution < -0.4 is 0 Å². The van der Waals surface area contributed by atoms with E-state index in [0.29, 0.717) is 13.0 Å². The quantitative estimate of drug-likeness (QED) is 0.697. The highest BCUT2D eigenvalue weighted by molar-refractivity contribution is 5.29. The molecule has 1 nitrogen and oxygen atoms in total. The Morgan fingerprint density at radius 1 is 1.33 bits per heavy atom. The molecule has 4 heteroatoms. The zero-order chi connectivity index (χ0) is 9.35. The van der Waals surface area contributed by atoms with Crippen molar-refractivity contribution in [3.05, 3.63) is 29.6 Å². The number of hydrogen-bond acceptors (Lipinski definition) is 1. The van der Waals surface area contributed by atoms with Gasteiger partial charge in [0.25, 0.3) is 5.92 Å². The fourth-order valence-electron chi connectivity index (χ4n) is 0.860. The standard InChI is InChI=1S/C8H7F3O/c1-8(10,11)6-3-2-5(12)4-7(6)9/h2-4,12H,1H3. The van der Waals surface area contributed by atoms with Gasteiger partial charge >= 0.3 is 0 Å². The third-order valence-corrected chi connectivity index (χ3v) is 1.43. The van der Waals surface area contributed by atoms with Gasteiger partial charge in [-0.3, -0.25) is 0 Å². The Balaban J connectivity index is 3.19. The summed E-state index contributed by atoms with van der Waals surface area (Å²) in [7, 11) is 0. The third kappa shape index (κ3) is 1.69. The second kappa shape index (κ2) is 2.69. The number of phenolic OH excluding ortho intramolecular Hbond substituents is 1. The van der Waals surface area contributed by atoms with Gasteiger partial charge in [-0.05, 0) is 12.1 Å². The summed E-state index contributed by atoms with van der Waals surface area (Å²) in [6, 6.07) is 2.55. The topological polar surface area (TPSA) is 20.2 Å². The van der Waals surface area contributed by atoms with E-state index >= 15 is 0 Å². The normalized spacial score (nSPS) is 11.7. The number of hydrogen-bond donors (Lipinski definition) is 1. The predicted molar refractivity (Wildman–Crippen MR) is 37.6 cm³/mol. The molecule has 1 rings (SSSR count). The Kier molecular flexibility index (Phi) is 2.00. The van der Waals surface area contributed by atoms with Crippen LogP contribution in [0.5, 0.6) is 5.75 Å². The van der Waals surface area contributed by atoms with E-state index < -0.39 is 17.3 Å². The van der Waals surface area contributed by atoms with Crippen molar-refractivity contribution in [2.75, 3.05) is 0 Å². The van der Waals surface area contributed by atoms with Gasteiger partial charge in [-0.1, -0.05) is 0 Å². The van der Waals surface area contributed by atoms with E-state index in [1.807, 2.05) is 0 Å². The van der Waals surface area contributed by atoms with Gasteiger partial charge in [0.15, 0.2) is 0 Å². The molecule has 0 aromatic heterocycles. The van der Waals surface area contributed by atoms with Gasteiger partial charge in [0, 0.05) is 13.0 Å². The lowest BCUT2D eigenvalue weighted by atomic mass is 10.1. The Morgan fingerprint density at radius 2 is 1.92 bits per heavy atom.